The predicted molar refractivity (Wildman–Crippen MR) is 122 cm³/mol. The third-order valence-corrected chi connectivity index (χ3v) is 5.95. The fourth-order valence-electron chi connectivity index (χ4n) is 4.04. The van der Waals surface area contributed by atoms with E-state index in [0.29, 0.717) is 23.4 Å². The number of piperazine rings is 1. The van der Waals surface area contributed by atoms with Gasteiger partial charge in [-0.2, -0.15) is 0 Å². The second-order valence-electron chi connectivity index (χ2n) is 8.69. The van der Waals surface area contributed by atoms with Crippen molar-refractivity contribution in [2.45, 2.75) is 46.1 Å². The van der Waals surface area contributed by atoms with E-state index in [2.05, 4.69) is 29.1 Å². The predicted octanol–water partition coefficient (Wildman–Crippen LogP) is 5.06. The zero-order valence-electron chi connectivity index (χ0n) is 19.0. The van der Waals surface area contributed by atoms with Crippen molar-refractivity contribution in [1.82, 2.24) is 9.80 Å². The van der Waals surface area contributed by atoms with Gasteiger partial charge in [-0.05, 0) is 61.3 Å². The summed E-state index contributed by atoms with van der Waals surface area (Å²) in [6, 6.07) is 10.5. The lowest BCUT2D eigenvalue weighted by Gasteiger charge is -2.33. The van der Waals surface area contributed by atoms with Gasteiger partial charge >= 0.3 is 0 Å². The number of likely N-dealkylation sites (N-methyl/N-ethyl adjacent to an activating group) is 1. The Morgan fingerprint density at radius 2 is 1.74 bits per heavy atom. The summed E-state index contributed by atoms with van der Waals surface area (Å²) < 4.78 is 28.8. The SMILES string of the molecule is CCCc1ccc(C(=O)Nc2ccc(CN3CCN(C)CC3)c(C(C)(F)F)c2)cc1C. The van der Waals surface area contributed by atoms with Crippen LogP contribution in [0, 0.1) is 6.92 Å². The maximum Gasteiger partial charge on any atom is 0.270 e. The molecule has 1 heterocycles. The molecular formula is C25H33F2N3O. The van der Waals surface area contributed by atoms with E-state index >= 15 is 0 Å². The number of benzene rings is 2. The summed E-state index contributed by atoms with van der Waals surface area (Å²) in [5.74, 6) is -3.27. The molecule has 0 saturated carbocycles. The van der Waals surface area contributed by atoms with Crippen LogP contribution in [0.25, 0.3) is 0 Å². The fraction of sp³-hybridized carbons (Fsp3) is 0.480. The first-order valence-corrected chi connectivity index (χ1v) is 11.0. The Balaban J connectivity index is 1.77. The third-order valence-electron chi connectivity index (χ3n) is 5.95. The molecule has 6 heteroatoms. The number of rotatable bonds is 7. The number of carbonyl (C=O) groups is 1. The lowest BCUT2D eigenvalue weighted by molar-refractivity contribution is 0.0155. The first kappa shape index (κ1) is 23.4. The lowest BCUT2D eigenvalue weighted by atomic mass is 9.99. The van der Waals surface area contributed by atoms with Gasteiger partial charge in [0.1, 0.15) is 0 Å². The molecule has 0 radical (unpaired) electrons. The molecule has 0 unspecified atom stereocenters. The minimum absolute atomic E-state index is 0.0290. The molecule has 0 spiro atoms. The van der Waals surface area contributed by atoms with Gasteiger partial charge in [-0.1, -0.05) is 25.5 Å². The highest BCUT2D eigenvalue weighted by atomic mass is 19.3. The summed E-state index contributed by atoms with van der Waals surface area (Å²) >= 11 is 0. The molecule has 1 N–H and O–H groups in total. The van der Waals surface area contributed by atoms with Crippen LogP contribution in [0.3, 0.4) is 0 Å². The van der Waals surface area contributed by atoms with Gasteiger partial charge in [0.2, 0.25) is 0 Å². The second kappa shape index (κ2) is 9.88. The molecule has 1 aliphatic rings. The Hall–Kier alpha value is -2.31. The molecule has 2 aromatic rings. The van der Waals surface area contributed by atoms with Gasteiger partial charge in [0, 0.05) is 56.5 Å². The standard InChI is InChI=1S/C25H33F2N3O/c1-5-6-19-7-8-20(15-18(19)2)24(31)28-22-10-9-21(23(16-22)25(3,26)27)17-30-13-11-29(4)12-14-30/h7-10,15-16H,5-6,11-14,17H2,1-4H3,(H,28,31). The van der Waals surface area contributed by atoms with Crippen LogP contribution in [-0.2, 0) is 18.9 Å². The molecule has 1 fully saturated rings. The molecule has 0 atom stereocenters. The normalized spacial score (nSPS) is 15.8. The van der Waals surface area contributed by atoms with Crippen molar-refractivity contribution in [2.24, 2.45) is 0 Å². The van der Waals surface area contributed by atoms with E-state index in [-0.39, 0.29) is 11.5 Å². The Morgan fingerprint density at radius 1 is 1.06 bits per heavy atom. The zero-order chi connectivity index (χ0) is 22.6. The van der Waals surface area contributed by atoms with Crippen LogP contribution in [0.2, 0.25) is 0 Å². The quantitative estimate of drug-likeness (QED) is 0.668. The van der Waals surface area contributed by atoms with Crippen molar-refractivity contribution < 1.29 is 13.6 Å². The number of amides is 1. The third kappa shape index (κ3) is 6.11. The molecule has 2 aromatic carbocycles. The summed E-state index contributed by atoms with van der Waals surface area (Å²) in [6.45, 7) is 9.09. The average Bonchev–Trinajstić information content (AvgIpc) is 2.71. The van der Waals surface area contributed by atoms with Crippen molar-refractivity contribution in [3.63, 3.8) is 0 Å². The highest BCUT2D eigenvalue weighted by molar-refractivity contribution is 6.04. The molecule has 3 rings (SSSR count). The number of halogens is 2. The summed E-state index contributed by atoms with van der Waals surface area (Å²) in [5, 5.41) is 2.79. The molecular weight excluding hydrogens is 396 g/mol. The Bertz CT molecular complexity index is 915. The van der Waals surface area contributed by atoms with Crippen molar-refractivity contribution in [2.75, 3.05) is 38.5 Å². The van der Waals surface area contributed by atoms with E-state index in [1.807, 2.05) is 19.1 Å². The van der Waals surface area contributed by atoms with Crippen LogP contribution in [0.4, 0.5) is 14.5 Å². The van der Waals surface area contributed by atoms with Gasteiger partial charge in [-0.15, -0.1) is 0 Å². The number of aryl methyl sites for hydroxylation is 2. The van der Waals surface area contributed by atoms with Crippen molar-refractivity contribution >= 4 is 11.6 Å². The number of carbonyl (C=O) groups excluding carboxylic acids is 1. The number of alkyl halides is 2. The Labute approximate surface area is 184 Å². The fourth-order valence-corrected chi connectivity index (χ4v) is 4.04. The molecule has 1 amide bonds. The first-order valence-electron chi connectivity index (χ1n) is 11.0. The van der Waals surface area contributed by atoms with Crippen molar-refractivity contribution in [3.05, 3.63) is 64.2 Å². The van der Waals surface area contributed by atoms with Crippen LogP contribution in [0.15, 0.2) is 36.4 Å². The largest absolute Gasteiger partial charge is 0.322 e. The number of nitrogens with zero attached hydrogens (tertiary/aromatic N) is 2. The van der Waals surface area contributed by atoms with Crippen LogP contribution in [0.1, 0.15) is 52.9 Å². The smallest absolute Gasteiger partial charge is 0.270 e. The van der Waals surface area contributed by atoms with Gasteiger partial charge in [0.25, 0.3) is 11.8 Å². The van der Waals surface area contributed by atoms with Gasteiger partial charge in [-0.3, -0.25) is 9.69 Å². The van der Waals surface area contributed by atoms with Crippen LogP contribution < -0.4 is 5.32 Å². The van der Waals surface area contributed by atoms with Crippen molar-refractivity contribution in [3.8, 4) is 0 Å². The minimum Gasteiger partial charge on any atom is -0.322 e. The molecule has 0 aromatic heterocycles. The minimum atomic E-state index is -2.99. The first-order chi connectivity index (χ1) is 14.7. The molecule has 1 saturated heterocycles. The van der Waals surface area contributed by atoms with E-state index in [4.69, 9.17) is 0 Å². The molecule has 0 aliphatic carbocycles. The number of hydrogen-bond acceptors (Lipinski definition) is 3. The maximum atomic E-state index is 14.4. The molecule has 31 heavy (non-hydrogen) atoms. The van der Waals surface area contributed by atoms with E-state index < -0.39 is 5.92 Å². The molecule has 0 bridgehead atoms. The van der Waals surface area contributed by atoms with Crippen molar-refractivity contribution in [1.29, 1.82) is 0 Å². The summed E-state index contributed by atoms with van der Waals surface area (Å²) in [6.07, 6.45) is 2.01. The van der Waals surface area contributed by atoms with Gasteiger partial charge in [0.15, 0.2) is 0 Å². The van der Waals surface area contributed by atoms with Gasteiger partial charge in [-0.25, -0.2) is 8.78 Å². The Morgan fingerprint density at radius 3 is 2.35 bits per heavy atom. The molecule has 4 nitrogen and oxygen atoms in total. The van der Waals surface area contributed by atoms with E-state index in [0.717, 1.165) is 51.5 Å². The number of anilines is 1. The second-order valence-corrected chi connectivity index (χ2v) is 8.69. The summed E-state index contributed by atoms with van der Waals surface area (Å²) in [5.41, 5.74) is 3.79. The highest BCUT2D eigenvalue weighted by Crippen LogP contribution is 2.33. The number of hydrogen-bond donors (Lipinski definition) is 1. The van der Waals surface area contributed by atoms with E-state index in [1.54, 1.807) is 18.2 Å². The van der Waals surface area contributed by atoms with E-state index in [9.17, 15) is 13.6 Å². The summed E-state index contributed by atoms with van der Waals surface area (Å²) in [7, 11) is 2.07. The average molecular weight is 430 g/mol. The monoisotopic (exact) mass is 429 g/mol. The van der Waals surface area contributed by atoms with Crippen LogP contribution >= 0.6 is 0 Å². The lowest BCUT2D eigenvalue weighted by Crippen LogP contribution is -2.44. The zero-order valence-corrected chi connectivity index (χ0v) is 19.0. The Kier molecular flexibility index (Phi) is 7.44. The topological polar surface area (TPSA) is 35.6 Å². The summed E-state index contributed by atoms with van der Waals surface area (Å²) in [4.78, 5) is 17.2. The highest BCUT2D eigenvalue weighted by Gasteiger charge is 2.29. The molecule has 1 aliphatic heterocycles. The van der Waals surface area contributed by atoms with Gasteiger partial charge < -0.3 is 10.2 Å². The maximum absolute atomic E-state index is 14.4. The van der Waals surface area contributed by atoms with Crippen LogP contribution in [0.5, 0.6) is 0 Å². The van der Waals surface area contributed by atoms with Crippen LogP contribution in [-0.4, -0.2) is 48.9 Å². The molecule has 168 valence electrons. The number of nitrogens with one attached hydrogen (secondary N) is 1. The van der Waals surface area contributed by atoms with E-state index in [1.165, 1.54) is 11.6 Å². The van der Waals surface area contributed by atoms with Gasteiger partial charge in [0.05, 0.1) is 0 Å².